The molecule has 2 heterocycles. The Bertz CT molecular complexity index is 1360. The summed E-state index contributed by atoms with van der Waals surface area (Å²) in [6.07, 6.45) is -2.16. The molecule has 2 aromatic rings. The van der Waals surface area contributed by atoms with Crippen LogP contribution >= 0.6 is 0 Å². The van der Waals surface area contributed by atoms with Crippen LogP contribution in [0.25, 0.3) is 0 Å². The number of hydrogen-bond donors (Lipinski definition) is 1. The molecule has 0 radical (unpaired) electrons. The lowest BCUT2D eigenvalue weighted by Crippen LogP contribution is -2.50. The van der Waals surface area contributed by atoms with Gasteiger partial charge in [-0.15, -0.1) is 0 Å². The van der Waals surface area contributed by atoms with Gasteiger partial charge in [0, 0.05) is 44.7 Å². The van der Waals surface area contributed by atoms with Crippen molar-refractivity contribution in [2.45, 2.75) is 50.7 Å². The lowest BCUT2D eigenvalue weighted by molar-refractivity contribution is 0.0240. The number of piperazine rings is 1. The Morgan fingerprint density at radius 3 is 2.28 bits per heavy atom. The van der Waals surface area contributed by atoms with Gasteiger partial charge in [0.2, 0.25) is 0 Å². The molecule has 212 valence electrons. The molecule has 2 fully saturated rings. The van der Waals surface area contributed by atoms with Crippen LogP contribution < -0.4 is 9.80 Å². The molecular formula is C26H31F2N3O7S. The summed E-state index contributed by atoms with van der Waals surface area (Å²) < 4.78 is 74.1. The zero-order valence-corrected chi connectivity index (χ0v) is 22.9. The first-order chi connectivity index (χ1) is 18.1. The van der Waals surface area contributed by atoms with Gasteiger partial charge in [0.1, 0.15) is 17.4 Å². The lowest BCUT2D eigenvalue weighted by Gasteiger charge is -2.37. The van der Waals surface area contributed by atoms with Crippen LogP contribution in [0, 0.1) is 18.6 Å². The van der Waals surface area contributed by atoms with Gasteiger partial charge in [-0.05, 0) is 39.3 Å². The maximum Gasteiger partial charge on any atom is 0.414 e. The van der Waals surface area contributed by atoms with Crippen LogP contribution in [-0.4, -0.2) is 74.5 Å². The van der Waals surface area contributed by atoms with Crippen LogP contribution in [-0.2, 0) is 26.0 Å². The molecular weight excluding hydrogens is 536 g/mol. The van der Waals surface area contributed by atoms with Crippen LogP contribution in [0.3, 0.4) is 0 Å². The number of carbonyl (C=O) groups is 2. The van der Waals surface area contributed by atoms with Crippen molar-refractivity contribution in [2.24, 2.45) is 0 Å². The van der Waals surface area contributed by atoms with E-state index in [-0.39, 0.29) is 61.0 Å². The van der Waals surface area contributed by atoms with Gasteiger partial charge in [-0.3, -0.25) is 9.45 Å². The fourth-order valence-electron chi connectivity index (χ4n) is 4.65. The largest absolute Gasteiger partial charge is 0.444 e. The number of benzene rings is 2. The molecule has 0 spiro atoms. The zero-order chi connectivity index (χ0) is 28.7. The molecule has 0 aromatic heterocycles. The van der Waals surface area contributed by atoms with E-state index in [1.807, 2.05) is 0 Å². The third-order valence-electron chi connectivity index (χ3n) is 6.38. The summed E-state index contributed by atoms with van der Waals surface area (Å²) in [5.74, 6) is -1.75. The molecule has 13 heteroatoms. The lowest BCUT2D eigenvalue weighted by atomic mass is 10.1. The van der Waals surface area contributed by atoms with E-state index in [0.29, 0.717) is 0 Å². The Morgan fingerprint density at radius 1 is 1.10 bits per heavy atom. The summed E-state index contributed by atoms with van der Waals surface area (Å²) in [6, 6.07) is 6.45. The summed E-state index contributed by atoms with van der Waals surface area (Å²) >= 11 is 0. The number of hydrogen-bond acceptors (Lipinski definition) is 7. The predicted molar refractivity (Wildman–Crippen MR) is 139 cm³/mol. The van der Waals surface area contributed by atoms with E-state index in [2.05, 4.69) is 0 Å². The minimum atomic E-state index is -4.50. The molecule has 0 aliphatic carbocycles. The molecule has 1 unspecified atom stereocenters. The van der Waals surface area contributed by atoms with E-state index >= 15 is 8.78 Å². The number of aryl methyl sites for hydroxylation is 1. The van der Waals surface area contributed by atoms with Crippen molar-refractivity contribution >= 4 is 33.7 Å². The zero-order valence-electron chi connectivity index (χ0n) is 22.1. The van der Waals surface area contributed by atoms with E-state index in [0.717, 1.165) is 22.6 Å². The Morgan fingerprint density at radius 2 is 1.72 bits per heavy atom. The summed E-state index contributed by atoms with van der Waals surface area (Å²) in [5.41, 5.74) is 0.0365. The molecule has 2 aromatic carbocycles. The Labute approximate surface area is 225 Å². The molecule has 0 bridgehead atoms. The minimum Gasteiger partial charge on any atom is -0.444 e. The Kier molecular flexibility index (Phi) is 7.77. The molecule has 1 atom stereocenters. The van der Waals surface area contributed by atoms with Crippen molar-refractivity contribution in [1.82, 2.24) is 4.90 Å². The summed E-state index contributed by atoms with van der Waals surface area (Å²) in [5, 5.41) is 0. The van der Waals surface area contributed by atoms with Gasteiger partial charge in [0.25, 0.3) is 10.1 Å². The highest BCUT2D eigenvalue weighted by Crippen LogP contribution is 2.32. The van der Waals surface area contributed by atoms with Crippen molar-refractivity contribution in [1.29, 1.82) is 0 Å². The molecule has 39 heavy (non-hydrogen) atoms. The number of nitrogens with zero attached hydrogens (tertiary/aromatic N) is 3. The van der Waals surface area contributed by atoms with Crippen LogP contribution in [0.4, 0.5) is 29.7 Å². The molecule has 10 nitrogen and oxygen atoms in total. The highest BCUT2D eigenvalue weighted by Gasteiger charge is 2.35. The molecule has 2 aliphatic heterocycles. The highest BCUT2D eigenvalue weighted by atomic mass is 32.2. The first-order valence-electron chi connectivity index (χ1n) is 12.4. The fourth-order valence-corrected chi connectivity index (χ4v) is 5.37. The predicted octanol–water partition coefficient (Wildman–Crippen LogP) is 4.14. The van der Waals surface area contributed by atoms with Gasteiger partial charge in [-0.2, -0.15) is 8.42 Å². The molecule has 2 aliphatic rings. The summed E-state index contributed by atoms with van der Waals surface area (Å²) in [4.78, 5) is 28.6. The summed E-state index contributed by atoms with van der Waals surface area (Å²) in [7, 11) is -4.50. The number of carbonyl (C=O) groups excluding carboxylic acids is 2. The van der Waals surface area contributed by atoms with Crippen molar-refractivity contribution < 1.29 is 40.8 Å². The molecule has 4 rings (SSSR count). The number of rotatable bonds is 5. The van der Waals surface area contributed by atoms with Crippen LogP contribution in [0.1, 0.15) is 31.9 Å². The van der Waals surface area contributed by atoms with E-state index in [1.165, 1.54) is 21.9 Å². The normalized spacial score (nSPS) is 18.4. The maximum atomic E-state index is 15.2. The van der Waals surface area contributed by atoms with E-state index < -0.39 is 45.6 Å². The molecule has 1 N–H and O–H groups in total. The molecule has 0 saturated carbocycles. The number of cyclic esters (lactones) is 1. The summed E-state index contributed by atoms with van der Waals surface area (Å²) in [6.45, 7) is 7.75. The first kappa shape index (κ1) is 28.6. The third-order valence-corrected chi connectivity index (χ3v) is 7.33. The topological polar surface area (TPSA) is 117 Å². The monoisotopic (exact) mass is 567 g/mol. The average molecular weight is 568 g/mol. The van der Waals surface area contributed by atoms with Crippen molar-refractivity contribution in [3.05, 3.63) is 53.1 Å². The van der Waals surface area contributed by atoms with Crippen molar-refractivity contribution in [3.63, 3.8) is 0 Å². The number of ether oxygens (including phenoxy) is 2. The van der Waals surface area contributed by atoms with Gasteiger partial charge in [-0.1, -0.05) is 17.7 Å². The van der Waals surface area contributed by atoms with E-state index in [9.17, 15) is 22.6 Å². The fraction of sp³-hybridized carbons (Fsp3) is 0.462. The second-order valence-corrected chi connectivity index (χ2v) is 12.0. The second kappa shape index (κ2) is 10.6. The van der Waals surface area contributed by atoms with E-state index in [4.69, 9.17) is 9.47 Å². The quantitative estimate of drug-likeness (QED) is 0.536. The van der Waals surface area contributed by atoms with Crippen LogP contribution in [0.2, 0.25) is 0 Å². The minimum absolute atomic E-state index is 0.0238. The Hall–Kier alpha value is -3.45. The first-order valence-corrected chi connectivity index (χ1v) is 13.8. The average Bonchev–Trinajstić information content (AvgIpc) is 3.17. The standard InChI is InChI=1S/C26H31F2N3O7S/c1-16-5-6-22(39(34,35)36)17(11-16)12-19-15-31(25(33)37-19)18-13-20(27)23(21(28)14-18)29-7-9-30(10-8-29)24(32)38-26(2,3)4/h5-6,11,13-14,19H,7-10,12,15H2,1-4H3,(H,34,35,36). The Balaban J connectivity index is 1.46. The second-order valence-electron chi connectivity index (χ2n) is 10.6. The number of amides is 2. The third kappa shape index (κ3) is 6.59. The molecule has 2 saturated heterocycles. The van der Waals surface area contributed by atoms with Crippen LogP contribution in [0.5, 0.6) is 0 Å². The van der Waals surface area contributed by atoms with Gasteiger partial charge in [0.15, 0.2) is 11.6 Å². The number of anilines is 2. The SMILES string of the molecule is Cc1ccc(S(=O)(=O)O)c(CC2CN(c3cc(F)c(N4CCN(C(=O)OC(C)(C)C)CC4)c(F)c3)C(=O)O2)c1. The van der Waals surface area contributed by atoms with Crippen molar-refractivity contribution in [2.75, 3.05) is 42.5 Å². The maximum absolute atomic E-state index is 15.2. The smallest absolute Gasteiger partial charge is 0.414 e. The van der Waals surface area contributed by atoms with E-state index in [1.54, 1.807) is 33.8 Å². The van der Waals surface area contributed by atoms with Gasteiger partial charge in [0.05, 0.1) is 17.1 Å². The number of halogens is 2. The van der Waals surface area contributed by atoms with Crippen molar-refractivity contribution in [3.8, 4) is 0 Å². The van der Waals surface area contributed by atoms with Crippen LogP contribution in [0.15, 0.2) is 35.2 Å². The van der Waals surface area contributed by atoms with Gasteiger partial charge < -0.3 is 19.3 Å². The highest BCUT2D eigenvalue weighted by molar-refractivity contribution is 7.85. The van der Waals surface area contributed by atoms with Gasteiger partial charge in [-0.25, -0.2) is 18.4 Å². The molecule has 2 amide bonds. The van der Waals surface area contributed by atoms with Gasteiger partial charge >= 0.3 is 12.2 Å².